The third-order valence-corrected chi connectivity index (χ3v) is 3.95. The summed E-state index contributed by atoms with van der Waals surface area (Å²) in [4.78, 5) is 30.0. The van der Waals surface area contributed by atoms with Gasteiger partial charge in [0.15, 0.2) is 5.82 Å². The van der Waals surface area contributed by atoms with Crippen molar-refractivity contribution in [2.75, 3.05) is 11.9 Å². The predicted octanol–water partition coefficient (Wildman–Crippen LogP) is 3.19. The molecule has 1 aromatic heterocycles. The molecular weight excluding hydrogens is 363 g/mol. The number of amides is 2. The third-order valence-electron chi connectivity index (χ3n) is 3.66. The molecule has 0 saturated heterocycles. The molecule has 2 aromatic rings. The van der Waals surface area contributed by atoms with Gasteiger partial charge in [-0.1, -0.05) is 23.7 Å². The van der Waals surface area contributed by atoms with E-state index in [1.165, 1.54) is 17.0 Å². The van der Waals surface area contributed by atoms with Gasteiger partial charge in [0.1, 0.15) is 5.82 Å². The normalized spacial score (nSPS) is 10.6. The van der Waals surface area contributed by atoms with Gasteiger partial charge in [-0.15, -0.1) is 0 Å². The number of hydrogen-bond donors (Lipinski definition) is 1. The maximum atomic E-state index is 13.1. The summed E-state index contributed by atoms with van der Waals surface area (Å²) in [5.41, 5.74) is 0.374. The lowest BCUT2D eigenvalue weighted by Gasteiger charge is -2.18. The van der Waals surface area contributed by atoms with Gasteiger partial charge < -0.3 is 14.7 Å². The molecule has 9 heteroatoms. The summed E-state index contributed by atoms with van der Waals surface area (Å²) in [7, 11) is 0. The fraction of sp³-hybridized carbons (Fsp3) is 0.412. The fourth-order valence-corrected chi connectivity index (χ4v) is 2.39. The van der Waals surface area contributed by atoms with E-state index in [2.05, 4.69) is 15.5 Å². The largest absolute Gasteiger partial charge is 0.337 e. The third kappa shape index (κ3) is 5.52. The molecule has 26 heavy (non-hydrogen) atoms. The first kappa shape index (κ1) is 19.8. The zero-order valence-electron chi connectivity index (χ0n) is 14.6. The molecule has 0 spiro atoms. The van der Waals surface area contributed by atoms with E-state index < -0.39 is 5.82 Å². The molecule has 0 unspecified atom stereocenters. The lowest BCUT2D eigenvalue weighted by molar-refractivity contribution is -0.133. The Morgan fingerprint density at radius 1 is 1.31 bits per heavy atom. The molecule has 0 atom stereocenters. The van der Waals surface area contributed by atoms with Crippen molar-refractivity contribution < 1.29 is 18.5 Å². The van der Waals surface area contributed by atoms with Crippen LogP contribution in [0.1, 0.15) is 38.4 Å². The van der Waals surface area contributed by atoms with E-state index in [4.69, 9.17) is 16.1 Å². The highest BCUT2D eigenvalue weighted by Crippen LogP contribution is 2.19. The van der Waals surface area contributed by atoms with Crippen LogP contribution in [-0.2, 0) is 22.6 Å². The van der Waals surface area contributed by atoms with Crippen molar-refractivity contribution in [1.82, 2.24) is 15.0 Å². The average Bonchev–Trinajstić information content (AvgIpc) is 3.08. The number of carbonyl (C=O) groups excluding carboxylic acids is 2. The Morgan fingerprint density at radius 3 is 2.69 bits per heavy atom. The van der Waals surface area contributed by atoms with Gasteiger partial charge in [-0.05, 0) is 25.1 Å². The van der Waals surface area contributed by atoms with Crippen molar-refractivity contribution in [3.63, 3.8) is 0 Å². The number of anilines is 1. The summed E-state index contributed by atoms with van der Waals surface area (Å²) in [5, 5.41) is 6.29. The molecule has 140 valence electrons. The number of halogens is 2. The predicted molar refractivity (Wildman–Crippen MR) is 94.0 cm³/mol. The Balaban J connectivity index is 1.84. The second-order valence-corrected chi connectivity index (χ2v) is 5.95. The lowest BCUT2D eigenvalue weighted by Crippen LogP contribution is -2.31. The van der Waals surface area contributed by atoms with Crippen molar-refractivity contribution in [2.45, 2.75) is 39.7 Å². The first-order valence-electron chi connectivity index (χ1n) is 8.27. The molecule has 1 aromatic carbocycles. The summed E-state index contributed by atoms with van der Waals surface area (Å²) >= 11 is 5.67. The monoisotopic (exact) mass is 382 g/mol. The van der Waals surface area contributed by atoms with E-state index in [-0.39, 0.29) is 36.2 Å². The first-order valence-corrected chi connectivity index (χ1v) is 8.64. The number of benzene rings is 1. The summed E-state index contributed by atoms with van der Waals surface area (Å²) in [6.07, 6.45) is 0.675. The number of carbonyl (C=O) groups is 2. The van der Waals surface area contributed by atoms with Crippen LogP contribution in [0.25, 0.3) is 0 Å². The van der Waals surface area contributed by atoms with Crippen LogP contribution in [0.4, 0.5) is 10.1 Å². The highest BCUT2D eigenvalue weighted by Gasteiger charge is 2.17. The van der Waals surface area contributed by atoms with E-state index in [0.717, 1.165) is 6.07 Å². The Hall–Kier alpha value is -2.48. The Kier molecular flexibility index (Phi) is 7.08. The number of hydrogen-bond acceptors (Lipinski definition) is 5. The van der Waals surface area contributed by atoms with Crippen LogP contribution in [0.5, 0.6) is 0 Å². The van der Waals surface area contributed by atoms with Crippen molar-refractivity contribution in [3.8, 4) is 0 Å². The van der Waals surface area contributed by atoms with Gasteiger partial charge in [0.05, 0.1) is 11.6 Å². The number of aryl methyl sites for hydroxylation is 1. The second-order valence-electron chi connectivity index (χ2n) is 5.54. The molecule has 0 aliphatic heterocycles. The maximum Gasteiger partial charge on any atom is 0.246 e. The summed E-state index contributed by atoms with van der Waals surface area (Å²) in [5.74, 6) is -0.173. The minimum absolute atomic E-state index is 0.00558. The quantitative estimate of drug-likeness (QED) is 0.757. The molecular formula is C17H20ClFN4O3. The number of rotatable bonds is 8. The van der Waals surface area contributed by atoms with Crippen LogP contribution >= 0.6 is 11.6 Å². The molecule has 0 saturated carbocycles. The van der Waals surface area contributed by atoms with Gasteiger partial charge in [-0.25, -0.2) is 4.39 Å². The topological polar surface area (TPSA) is 88.3 Å². The second kappa shape index (κ2) is 9.28. The fourth-order valence-electron chi connectivity index (χ4n) is 2.21. The van der Waals surface area contributed by atoms with E-state index >= 15 is 0 Å². The zero-order chi connectivity index (χ0) is 19.1. The molecule has 0 radical (unpaired) electrons. The number of nitrogens with one attached hydrogen (secondary N) is 1. The lowest BCUT2D eigenvalue weighted by atomic mass is 10.2. The minimum atomic E-state index is -0.564. The minimum Gasteiger partial charge on any atom is -0.337 e. The number of nitrogens with zero attached hydrogens (tertiary/aromatic N) is 3. The van der Waals surface area contributed by atoms with Gasteiger partial charge in [-0.3, -0.25) is 9.59 Å². The van der Waals surface area contributed by atoms with Gasteiger partial charge in [-0.2, -0.15) is 4.98 Å². The average molecular weight is 383 g/mol. The van der Waals surface area contributed by atoms with Crippen LogP contribution < -0.4 is 5.32 Å². The SMILES string of the molecule is CCc1noc(CN(CC)C(=O)CCC(=O)Nc2ccc(F)c(Cl)c2)n1. The molecule has 2 rings (SSSR count). The zero-order valence-corrected chi connectivity index (χ0v) is 15.3. The molecule has 0 bridgehead atoms. The van der Waals surface area contributed by atoms with Crippen LogP contribution in [0, 0.1) is 5.82 Å². The summed E-state index contributed by atoms with van der Waals surface area (Å²) < 4.78 is 18.2. The molecule has 1 N–H and O–H groups in total. The Labute approximate surface area is 155 Å². The molecule has 0 aliphatic carbocycles. The van der Waals surface area contributed by atoms with Crippen molar-refractivity contribution in [2.24, 2.45) is 0 Å². The van der Waals surface area contributed by atoms with Gasteiger partial charge in [0.25, 0.3) is 0 Å². The molecule has 0 fully saturated rings. The highest BCUT2D eigenvalue weighted by atomic mass is 35.5. The number of aromatic nitrogens is 2. The van der Waals surface area contributed by atoms with Gasteiger partial charge in [0, 0.05) is 31.5 Å². The van der Waals surface area contributed by atoms with E-state index in [1.807, 2.05) is 13.8 Å². The molecule has 0 aliphatic rings. The molecule has 1 heterocycles. The van der Waals surface area contributed by atoms with E-state index in [0.29, 0.717) is 30.4 Å². The van der Waals surface area contributed by atoms with Crippen LogP contribution in [0.15, 0.2) is 22.7 Å². The van der Waals surface area contributed by atoms with Gasteiger partial charge >= 0.3 is 0 Å². The Bertz CT molecular complexity index is 781. The van der Waals surface area contributed by atoms with E-state index in [9.17, 15) is 14.0 Å². The maximum absolute atomic E-state index is 13.1. The van der Waals surface area contributed by atoms with Crippen LogP contribution in [-0.4, -0.2) is 33.4 Å². The Morgan fingerprint density at radius 2 is 2.08 bits per heavy atom. The molecule has 7 nitrogen and oxygen atoms in total. The molecule has 2 amide bonds. The highest BCUT2D eigenvalue weighted by molar-refractivity contribution is 6.31. The van der Waals surface area contributed by atoms with Crippen molar-refractivity contribution in [3.05, 3.63) is 40.8 Å². The van der Waals surface area contributed by atoms with Crippen LogP contribution in [0.2, 0.25) is 5.02 Å². The summed E-state index contributed by atoms with van der Waals surface area (Å²) in [6, 6.07) is 3.88. The first-order chi connectivity index (χ1) is 12.4. The van der Waals surface area contributed by atoms with Crippen molar-refractivity contribution >= 4 is 29.1 Å². The van der Waals surface area contributed by atoms with Crippen LogP contribution in [0.3, 0.4) is 0 Å². The smallest absolute Gasteiger partial charge is 0.246 e. The van der Waals surface area contributed by atoms with E-state index in [1.54, 1.807) is 0 Å². The van der Waals surface area contributed by atoms with Crippen molar-refractivity contribution in [1.29, 1.82) is 0 Å². The standard InChI is InChI=1S/C17H20ClFN4O3/c1-3-14-21-16(26-22-14)10-23(4-2)17(25)8-7-15(24)20-11-5-6-13(19)12(18)9-11/h5-6,9H,3-4,7-8,10H2,1-2H3,(H,20,24). The summed E-state index contributed by atoms with van der Waals surface area (Å²) in [6.45, 7) is 4.40. The van der Waals surface area contributed by atoms with Gasteiger partial charge in [0.2, 0.25) is 17.7 Å².